The molecule has 29 heavy (non-hydrogen) atoms. The molecule has 4 rings (SSSR count). The molecule has 2 atom stereocenters. The van der Waals surface area contributed by atoms with Crippen molar-refractivity contribution in [1.82, 2.24) is 14.9 Å². The number of nitrogens with one attached hydrogen (secondary N) is 1. The molecule has 2 heterocycles. The van der Waals surface area contributed by atoms with Crippen molar-refractivity contribution in [2.45, 2.75) is 81.0 Å². The van der Waals surface area contributed by atoms with Gasteiger partial charge in [0.05, 0.1) is 28.8 Å². The van der Waals surface area contributed by atoms with Gasteiger partial charge >= 0.3 is 0 Å². The summed E-state index contributed by atoms with van der Waals surface area (Å²) in [5, 5.41) is 4.06. The summed E-state index contributed by atoms with van der Waals surface area (Å²) in [6.45, 7) is 3.11. The first-order chi connectivity index (χ1) is 14.1. The van der Waals surface area contributed by atoms with Gasteiger partial charge in [-0.2, -0.15) is 0 Å². The molecule has 0 unspecified atom stereocenters. The minimum Gasteiger partial charge on any atom is -0.376 e. The fourth-order valence-corrected chi connectivity index (χ4v) is 5.09. The van der Waals surface area contributed by atoms with Gasteiger partial charge in [-0.1, -0.05) is 43.2 Å². The lowest BCUT2D eigenvalue weighted by Crippen LogP contribution is -2.40. The maximum Gasteiger partial charge on any atom is 0.262 e. The summed E-state index contributed by atoms with van der Waals surface area (Å²) in [6.07, 6.45) is 7.72. The molecule has 0 radical (unpaired) electrons. The van der Waals surface area contributed by atoms with Crippen molar-refractivity contribution in [1.29, 1.82) is 0 Å². The van der Waals surface area contributed by atoms with Gasteiger partial charge in [-0.05, 0) is 44.7 Å². The van der Waals surface area contributed by atoms with Crippen LogP contribution in [0, 0.1) is 0 Å². The molecule has 6 nitrogen and oxygen atoms in total. The van der Waals surface area contributed by atoms with E-state index < -0.39 is 0 Å². The zero-order chi connectivity index (χ0) is 20.2. The molecule has 0 bridgehead atoms. The van der Waals surface area contributed by atoms with Crippen molar-refractivity contribution in [3.05, 3.63) is 34.6 Å². The molecule has 2 aliphatic rings. The topological polar surface area (TPSA) is 73.2 Å². The molecular weight excluding hydrogens is 386 g/mol. The highest BCUT2D eigenvalue weighted by molar-refractivity contribution is 8.00. The van der Waals surface area contributed by atoms with Crippen LogP contribution in [-0.2, 0) is 16.1 Å². The maximum atomic E-state index is 13.2. The highest BCUT2D eigenvalue weighted by Gasteiger charge is 2.24. The quantitative estimate of drug-likeness (QED) is 0.577. The van der Waals surface area contributed by atoms with Crippen LogP contribution >= 0.6 is 11.8 Å². The van der Waals surface area contributed by atoms with E-state index in [9.17, 15) is 9.59 Å². The minimum atomic E-state index is -0.319. The molecule has 1 N–H and O–H groups in total. The number of rotatable bonds is 6. The number of carbonyl (C=O) groups excluding carboxylic acids is 1. The monoisotopic (exact) mass is 415 g/mol. The summed E-state index contributed by atoms with van der Waals surface area (Å²) in [5.41, 5.74) is 0.608. The molecule has 1 aromatic heterocycles. The van der Waals surface area contributed by atoms with E-state index in [2.05, 4.69) is 5.32 Å². The minimum absolute atomic E-state index is 0.0213. The molecule has 1 amide bonds. The van der Waals surface area contributed by atoms with Gasteiger partial charge in [-0.3, -0.25) is 14.2 Å². The Labute approximate surface area is 175 Å². The number of para-hydroxylation sites is 1. The summed E-state index contributed by atoms with van der Waals surface area (Å²) in [5.74, 6) is 0.0213. The third-order valence-corrected chi connectivity index (χ3v) is 6.93. The Hall–Kier alpha value is -1.86. The number of aromatic nitrogens is 2. The highest BCUT2D eigenvalue weighted by Crippen LogP contribution is 2.25. The first-order valence-corrected chi connectivity index (χ1v) is 11.6. The van der Waals surface area contributed by atoms with Gasteiger partial charge in [0, 0.05) is 12.6 Å². The maximum absolute atomic E-state index is 13.2. The lowest BCUT2D eigenvalue weighted by Gasteiger charge is -2.24. The van der Waals surface area contributed by atoms with E-state index in [-0.39, 0.29) is 28.9 Å². The number of hydrogen-bond acceptors (Lipinski definition) is 5. The number of carbonyl (C=O) groups is 1. The standard InChI is InChI=1S/C22H29N3O3S/c1-15(20(26)23-16-8-3-2-4-9-16)29-22-24-19-12-6-5-11-18(19)21(27)25(22)14-17-10-7-13-28-17/h5-6,11-12,15-17H,2-4,7-10,13-14H2,1H3,(H,23,26)/t15-,17+/m0/s1. The van der Waals surface area contributed by atoms with Crippen LogP contribution < -0.4 is 10.9 Å². The van der Waals surface area contributed by atoms with Gasteiger partial charge < -0.3 is 10.1 Å². The van der Waals surface area contributed by atoms with Crippen molar-refractivity contribution in [2.24, 2.45) is 0 Å². The Balaban J connectivity index is 1.57. The molecular formula is C22H29N3O3S. The number of fused-ring (bicyclic) bond motifs is 1. The first kappa shape index (κ1) is 20.4. The SMILES string of the molecule is C[C@H](Sc1nc2ccccc2c(=O)n1C[C@H]1CCCO1)C(=O)NC1CCCCC1. The number of benzene rings is 1. The van der Waals surface area contributed by atoms with E-state index in [1.165, 1.54) is 31.0 Å². The predicted octanol–water partition coefficient (Wildman–Crippen LogP) is 3.51. The summed E-state index contributed by atoms with van der Waals surface area (Å²) < 4.78 is 7.46. The summed E-state index contributed by atoms with van der Waals surface area (Å²) >= 11 is 1.36. The zero-order valence-electron chi connectivity index (χ0n) is 16.9. The second kappa shape index (κ2) is 9.30. The molecule has 1 aliphatic heterocycles. The van der Waals surface area contributed by atoms with Crippen molar-refractivity contribution in [3.63, 3.8) is 0 Å². The summed E-state index contributed by atoms with van der Waals surface area (Å²) in [7, 11) is 0. The molecule has 156 valence electrons. The van der Waals surface area contributed by atoms with E-state index in [0.29, 0.717) is 22.6 Å². The number of hydrogen-bond donors (Lipinski definition) is 1. The average Bonchev–Trinajstić information content (AvgIpc) is 3.25. The average molecular weight is 416 g/mol. The van der Waals surface area contributed by atoms with Crippen molar-refractivity contribution >= 4 is 28.6 Å². The van der Waals surface area contributed by atoms with E-state index in [1.54, 1.807) is 4.57 Å². The normalized spacial score (nSPS) is 21.3. The molecule has 2 aromatic rings. The summed E-state index contributed by atoms with van der Waals surface area (Å²) in [4.78, 5) is 30.6. The van der Waals surface area contributed by atoms with Crippen LogP contribution in [0.15, 0.2) is 34.2 Å². The van der Waals surface area contributed by atoms with Crippen molar-refractivity contribution < 1.29 is 9.53 Å². The third kappa shape index (κ3) is 4.83. The van der Waals surface area contributed by atoms with E-state index in [0.717, 1.165) is 32.3 Å². The van der Waals surface area contributed by atoms with Crippen molar-refractivity contribution in [3.8, 4) is 0 Å². The van der Waals surface area contributed by atoms with Crippen molar-refractivity contribution in [2.75, 3.05) is 6.61 Å². The fraction of sp³-hybridized carbons (Fsp3) is 0.591. The lowest BCUT2D eigenvalue weighted by molar-refractivity contribution is -0.121. The smallest absolute Gasteiger partial charge is 0.262 e. The van der Waals surface area contributed by atoms with Gasteiger partial charge in [0.25, 0.3) is 5.56 Å². The molecule has 7 heteroatoms. The Morgan fingerprint density at radius 2 is 2.03 bits per heavy atom. The largest absolute Gasteiger partial charge is 0.376 e. The van der Waals surface area contributed by atoms with Crippen LogP contribution in [0.4, 0.5) is 0 Å². The Kier molecular flexibility index (Phi) is 6.55. The summed E-state index contributed by atoms with van der Waals surface area (Å²) in [6, 6.07) is 7.67. The molecule has 1 aliphatic carbocycles. The molecule has 1 saturated heterocycles. The Morgan fingerprint density at radius 3 is 2.79 bits per heavy atom. The van der Waals surface area contributed by atoms with Gasteiger partial charge in [-0.25, -0.2) is 4.98 Å². The number of nitrogens with zero attached hydrogens (tertiary/aromatic N) is 2. The Bertz CT molecular complexity index is 917. The van der Waals surface area contributed by atoms with E-state index >= 15 is 0 Å². The Morgan fingerprint density at radius 1 is 1.24 bits per heavy atom. The number of thioether (sulfide) groups is 1. The molecule has 2 fully saturated rings. The van der Waals surface area contributed by atoms with Gasteiger partial charge in [0.1, 0.15) is 0 Å². The lowest BCUT2D eigenvalue weighted by atomic mass is 9.95. The van der Waals surface area contributed by atoms with Crippen LogP contribution in [0.3, 0.4) is 0 Å². The van der Waals surface area contributed by atoms with Crippen LogP contribution in [0.5, 0.6) is 0 Å². The van der Waals surface area contributed by atoms with Crippen LogP contribution in [-0.4, -0.2) is 39.5 Å². The molecule has 1 aromatic carbocycles. The van der Waals surface area contributed by atoms with E-state index in [4.69, 9.17) is 9.72 Å². The van der Waals surface area contributed by atoms with Crippen LogP contribution in [0.25, 0.3) is 10.9 Å². The second-order valence-corrected chi connectivity index (χ2v) is 9.37. The fourth-order valence-electron chi connectivity index (χ4n) is 4.17. The first-order valence-electron chi connectivity index (χ1n) is 10.7. The van der Waals surface area contributed by atoms with Gasteiger partial charge in [-0.15, -0.1) is 0 Å². The van der Waals surface area contributed by atoms with Crippen LogP contribution in [0.2, 0.25) is 0 Å². The highest BCUT2D eigenvalue weighted by atomic mass is 32.2. The third-order valence-electron chi connectivity index (χ3n) is 5.84. The zero-order valence-corrected chi connectivity index (χ0v) is 17.7. The second-order valence-electron chi connectivity index (χ2n) is 8.07. The molecule has 0 spiro atoms. The number of amides is 1. The number of ether oxygens (including phenoxy) is 1. The molecule has 1 saturated carbocycles. The van der Waals surface area contributed by atoms with Gasteiger partial charge in [0.2, 0.25) is 5.91 Å². The van der Waals surface area contributed by atoms with Gasteiger partial charge in [0.15, 0.2) is 5.16 Å². The van der Waals surface area contributed by atoms with E-state index in [1.807, 2.05) is 31.2 Å². The predicted molar refractivity (Wildman–Crippen MR) is 115 cm³/mol. The van der Waals surface area contributed by atoms with Crippen LogP contribution in [0.1, 0.15) is 51.9 Å².